The van der Waals surface area contributed by atoms with Gasteiger partial charge < -0.3 is 5.11 Å². The van der Waals surface area contributed by atoms with Crippen LogP contribution in [0.25, 0.3) is 0 Å². The summed E-state index contributed by atoms with van der Waals surface area (Å²) in [6.07, 6.45) is 0. The van der Waals surface area contributed by atoms with Crippen LogP contribution in [0.5, 0.6) is 0 Å². The second kappa shape index (κ2) is 6.05. The molecule has 0 aliphatic heterocycles. The second-order valence-electron chi connectivity index (χ2n) is 5.76. The van der Waals surface area contributed by atoms with Crippen molar-refractivity contribution in [2.45, 2.75) is 16.1 Å². The first kappa shape index (κ1) is 17.2. The van der Waals surface area contributed by atoms with Crippen LogP contribution in [0.2, 0.25) is 10.0 Å². The summed E-state index contributed by atoms with van der Waals surface area (Å²) in [4.78, 5) is 0.0782. The molecule has 0 amide bonds. The summed E-state index contributed by atoms with van der Waals surface area (Å²) >= 11 is 11.8. The number of aliphatic hydroxyl groups is 1. The fourth-order valence-electron chi connectivity index (χ4n) is 3.16. The van der Waals surface area contributed by atoms with Crippen molar-refractivity contribution < 1.29 is 13.5 Å². The number of sulfone groups is 1. The zero-order valence-corrected chi connectivity index (χ0v) is 14.7. The minimum absolute atomic E-state index is 0.0782. The van der Waals surface area contributed by atoms with E-state index in [9.17, 15) is 18.8 Å². The van der Waals surface area contributed by atoms with E-state index in [0.29, 0.717) is 15.6 Å². The molecule has 1 aliphatic rings. The minimum Gasteiger partial charge on any atom is -0.395 e. The number of nitrogens with zero attached hydrogens (tertiary/aromatic N) is 1. The van der Waals surface area contributed by atoms with Gasteiger partial charge in [0.2, 0.25) is 0 Å². The van der Waals surface area contributed by atoms with E-state index in [4.69, 9.17) is 23.2 Å². The van der Waals surface area contributed by atoms with Crippen molar-refractivity contribution in [3.05, 3.63) is 64.1 Å². The Labute approximate surface area is 150 Å². The lowest BCUT2D eigenvalue weighted by Gasteiger charge is -2.06. The van der Waals surface area contributed by atoms with E-state index in [1.165, 1.54) is 24.3 Å². The van der Waals surface area contributed by atoms with Gasteiger partial charge in [-0.25, -0.2) is 8.42 Å². The van der Waals surface area contributed by atoms with E-state index in [2.05, 4.69) is 0 Å². The first-order valence-electron chi connectivity index (χ1n) is 7.14. The average Bonchev–Trinajstić information content (AvgIpc) is 3.26. The Hall–Kier alpha value is -1.58. The van der Waals surface area contributed by atoms with Gasteiger partial charge in [0.05, 0.1) is 22.8 Å². The molecule has 0 radical (unpaired) electrons. The standard InChI is InChI=1S/C17H13Cl2NO3S/c18-12-4-6-14(7-5-12)24(22,23)16-15(17(16,9-20)10-21)11-2-1-3-13(19)8-11/h1-8,15-16,21H,10H2/t15-,16+,17-/m1/s1. The fraction of sp³-hybridized carbons (Fsp3) is 0.235. The van der Waals surface area contributed by atoms with E-state index >= 15 is 0 Å². The van der Waals surface area contributed by atoms with Crippen LogP contribution in [0.4, 0.5) is 0 Å². The molecule has 7 heteroatoms. The van der Waals surface area contributed by atoms with Gasteiger partial charge in [0.15, 0.2) is 9.84 Å². The van der Waals surface area contributed by atoms with Gasteiger partial charge in [-0.15, -0.1) is 0 Å². The highest BCUT2D eigenvalue weighted by atomic mass is 35.5. The van der Waals surface area contributed by atoms with Gasteiger partial charge in [0.1, 0.15) is 5.41 Å². The van der Waals surface area contributed by atoms with Gasteiger partial charge in [-0.2, -0.15) is 5.26 Å². The lowest BCUT2D eigenvalue weighted by Crippen LogP contribution is -2.18. The molecule has 1 N–H and O–H groups in total. The van der Waals surface area contributed by atoms with Crippen LogP contribution in [0.1, 0.15) is 11.5 Å². The molecule has 3 rings (SSSR count). The molecule has 0 unspecified atom stereocenters. The van der Waals surface area contributed by atoms with E-state index in [-0.39, 0.29) is 4.90 Å². The molecule has 2 aromatic carbocycles. The number of aliphatic hydroxyl groups excluding tert-OH is 1. The SMILES string of the molecule is N#C[C@@]1(CO)[C@H](c2cccc(Cl)c2)[C@@H]1S(=O)(=O)c1ccc(Cl)cc1. The van der Waals surface area contributed by atoms with E-state index < -0.39 is 33.0 Å². The third kappa shape index (κ3) is 2.60. The zero-order valence-electron chi connectivity index (χ0n) is 12.4. The summed E-state index contributed by atoms with van der Waals surface area (Å²) in [5, 5.41) is 19.1. The highest BCUT2D eigenvalue weighted by Crippen LogP contribution is 2.63. The third-order valence-corrected chi connectivity index (χ3v) is 7.19. The fourth-order valence-corrected chi connectivity index (χ4v) is 5.80. The maximum absolute atomic E-state index is 13.0. The second-order valence-corrected chi connectivity index (χ2v) is 8.70. The van der Waals surface area contributed by atoms with E-state index in [0.717, 1.165) is 0 Å². The number of benzene rings is 2. The minimum atomic E-state index is -3.81. The van der Waals surface area contributed by atoms with E-state index in [1.807, 2.05) is 6.07 Å². The van der Waals surface area contributed by atoms with Crippen LogP contribution in [-0.2, 0) is 9.84 Å². The molecule has 1 aliphatic carbocycles. The molecule has 1 fully saturated rings. The molecule has 3 atom stereocenters. The Bertz CT molecular complexity index is 922. The third-order valence-electron chi connectivity index (χ3n) is 4.41. The lowest BCUT2D eigenvalue weighted by atomic mass is 10.0. The van der Waals surface area contributed by atoms with E-state index in [1.54, 1.807) is 24.3 Å². The molecule has 0 heterocycles. The van der Waals surface area contributed by atoms with Crippen molar-refractivity contribution in [1.29, 1.82) is 5.26 Å². The van der Waals surface area contributed by atoms with Crippen molar-refractivity contribution in [3.63, 3.8) is 0 Å². The molecular weight excluding hydrogens is 369 g/mol. The Kier molecular flexibility index (Phi) is 4.35. The first-order valence-corrected chi connectivity index (χ1v) is 9.44. The summed E-state index contributed by atoms with van der Waals surface area (Å²) in [6.45, 7) is -0.543. The predicted molar refractivity (Wildman–Crippen MR) is 91.8 cm³/mol. The molecule has 24 heavy (non-hydrogen) atoms. The quantitative estimate of drug-likeness (QED) is 0.879. The molecule has 0 spiro atoms. The largest absolute Gasteiger partial charge is 0.395 e. The Morgan fingerprint density at radius 2 is 1.79 bits per heavy atom. The normalized spacial score (nSPS) is 25.9. The first-order chi connectivity index (χ1) is 11.4. The van der Waals surface area contributed by atoms with Gasteiger partial charge in [-0.05, 0) is 42.0 Å². The Morgan fingerprint density at radius 1 is 1.12 bits per heavy atom. The van der Waals surface area contributed by atoms with Gasteiger partial charge in [0.25, 0.3) is 0 Å². The van der Waals surface area contributed by atoms with Crippen LogP contribution in [0.15, 0.2) is 53.4 Å². The number of rotatable bonds is 4. The number of hydrogen-bond acceptors (Lipinski definition) is 4. The maximum atomic E-state index is 13.0. The summed E-state index contributed by atoms with van der Waals surface area (Å²) in [5.41, 5.74) is -0.746. The molecule has 0 aromatic heterocycles. The summed E-state index contributed by atoms with van der Waals surface area (Å²) in [5.74, 6) is -0.633. The zero-order chi connectivity index (χ0) is 17.5. The van der Waals surface area contributed by atoms with Crippen molar-refractivity contribution in [2.75, 3.05) is 6.61 Å². The molecule has 124 valence electrons. The monoisotopic (exact) mass is 381 g/mol. The summed E-state index contributed by atoms with van der Waals surface area (Å²) in [6, 6.07) is 14.5. The molecule has 0 bridgehead atoms. The highest BCUT2D eigenvalue weighted by molar-refractivity contribution is 7.92. The van der Waals surface area contributed by atoms with Crippen molar-refractivity contribution in [2.24, 2.45) is 5.41 Å². The van der Waals surface area contributed by atoms with Gasteiger partial charge in [-0.3, -0.25) is 0 Å². The van der Waals surface area contributed by atoms with Crippen LogP contribution in [0, 0.1) is 16.7 Å². The van der Waals surface area contributed by atoms with Gasteiger partial charge in [-0.1, -0.05) is 35.3 Å². The van der Waals surface area contributed by atoms with Crippen LogP contribution in [-0.4, -0.2) is 25.4 Å². The smallest absolute Gasteiger partial charge is 0.183 e. The van der Waals surface area contributed by atoms with Crippen LogP contribution >= 0.6 is 23.2 Å². The number of nitriles is 1. The summed E-state index contributed by atoms with van der Waals surface area (Å²) in [7, 11) is -3.81. The van der Waals surface area contributed by atoms with Crippen molar-refractivity contribution >= 4 is 33.0 Å². The molecule has 4 nitrogen and oxygen atoms in total. The molecule has 1 saturated carbocycles. The highest BCUT2D eigenvalue weighted by Gasteiger charge is 2.72. The predicted octanol–water partition coefficient (Wildman–Crippen LogP) is 3.44. The Morgan fingerprint density at radius 3 is 2.33 bits per heavy atom. The molecular formula is C17H13Cl2NO3S. The lowest BCUT2D eigenvalue weighted by molar-refractivity contribution is 0.242. The molecule has 2 aromatic rings. The van der Waals surface area contributed by atoms with Crippen LogP contribution < -0.4 is 0 Å². The van der Waals surface area contributed by atoms with Crippen molar-refractivity contribution in [3.8, 4) is 6.07 Å². The topological polar surface area (TPSA) is 78.2 Å². The molecule has 0 saturated heterocycles. The number of halogens is 2. The number of hydrogen-bond donors (Lipinski definition) is 1. The summed E-state index contributed by atoms with van der Waals surface area (Å²) < 4.78 is 25.9. The average molecular weight is 382 g/mol. The van der Waals surface area contributed by atoms with Gasteiger partial charge in [0, 0.05) is 16.0 Å². The van der Waals surface area contributed by atoms with Gasteiger partial charge >= 0.3 is 0 Å². The van der Waals surface area contributed by atoms with Crippen molar-refractivity contribution in [1.82, 2.24) is 0 Å². The Balaban J connectivity index is 2.08. The maximum Gasteiger partial charge on any atom is 0.183 e. The van der Waals surface area contributed by atoms with Crippen LogP contribution in [0.3, 0.4) is 0 Å².